The Hall–Kier alpha value is -0.610. The van der Waals surface area contributed by atoms with Crippen LogP contribution in [0.3, 0.4) is 0 Å². The minimum absolute atomic E-state index is 0.0188. The van der Waals surface area contributed by atoms with Gasteiger partial charge in [0.2, 0.25) is 5.91 Å². The summed E-state index contributed by atoms with van der Waals surface area (Å²) in [7, 11) is 0. The first kappa shape index (κ1) is 75.4. The van der Waals surface area contributed by atoms with Crippen molar-refractivity contribution in [2.24, 2.45) is 0 Å². The van der Waals surface area contributed by atoms with Gasteiger partial charge in [0, 0.05) is 6.42 Å². The predicted molar refractivity (Wildman–Crippen MR) is 341 cm³/mol. The average molecular weight is 1070 g/mol. The molecule has 0 bridgehead atoms. The number of rotatable bonds is 69. The van der Waals surface area contributed by atoms with Crippen molar-refractivity contribution in [1.29, 1.82) is 0 Å². The van der Waals surface area contributed by atoms with E-state index in [2.05, 4.69) is 19.2 Å². The molecule has 3 N–H and O–H groups in total. The highest BCUT2D eigenvalue weighted by Gasteiger charge is 2.20. The second-order valence-electron chi connectivity index (χ2n) is 25.4. The number of nitrogens with one attached hydrogen (secondary N) is 1. The van der Waals surface area contributed by atoms with Crippen molar-refractivity contribution in [3.05, 3.63) is 0 Å². The third-order valence-electron chi connectivity index (χ3n) is 17.6. The summed E-state index contributed by atoms with van der Waals surface area (Å²) in [5, 5.41) is 23.5. The molecule has 0 heterocycles. The van der Waals surface area contributed by atoms with Gasteiger partial charge in [-0.05, 0) is 12.8 Å². The van der Waals surface area contributed by atoms with E-state index >= 15 is 0 Å². The summed E-state index contributed by atoms with van der Waals surface area (Å²) in [5.74, 6) is -0.0188. The van der Waals surface area contributed by atoms with E-state index in [-0.39, 0.29) is 12.5 Å². The number of aliphatic hydroxyl groups is 2. The number of hydrogen-bond donors (Lipinski definition) is 3. The van der Waals surface area contributed by atoms with E-state index in [1.165, 1.54) is 385 Å². The molecule has 76 heavy (non-hydrogen) atoms. The van der Waals surface area contributed by atoms with Crippen LogP contribution in [-0.4, -0.2) is 34.9 Å². The van der Waals surface area contributed by atoms with Crippen LogP contribution in [0.25, 0.3) is 0 Å². The molecule has 0 aromatic rings. The van der Waals surface area contributed by atoms with Crippen molar-refractivity contribution in [1.82, 2.24) is 5.32 Å². The zero-order valence-corrected chi connectivity index (χ0v) is 52.8. The van der Waals surface area contributed by atoms with Gasteiger partial charge in [0.25, 0.3) is 0 Å². The van der Waals surface area contributed by atoms with Crippen molar-refractivity contribution in [3.63, 3.8) is 0 Å². The van der Waals surface area contributed by atoms with Crippen LogP contribution < -0.4 is 5.32 Å². The highest BCUT2D eigenvalue weighted by atomic mass is 16.3. The first-order chi connectivity index (χ1) is 37.7. The Morgan fingerprint density at radius 1 is 0.263 bits per heavy atom. The Morgan fingerprint density at radius 3 is 0.592 bits per heavy atom. The van der Waals surface area contributed by atoms with Crippen molar-refractivity contribution in [3.8, 4) is 0 Å². The molecule has 4 heteroatoms. The molecule has 0 fully saturated rings. The van der Waals surface area contributed by atoms with E-state index in [1.54, 1.807) is 0 Å². The molecule has 0 spiro atoms. The van der Waals surface area contributed by atoms with E-state index in [9.17, 15) is 15.0 Å². The molecule has 2 atom stereocenters. The van der Waals surface area contributed by atoms with Gasteiger partial charge >= 0.3 is 0 Å². The van der Waals surface area contributed by atoms with Crippen LogP contribution in [0.5, 0.6) is 0 Å². The number of hydrogen-bond acceptors (Lipinski definition) is 3. The van der Waals surface area contributed by atoms with Crippen LogP contribution in [0.15, 0.2) is 0 Å². The first-order valence-corrected chi connectivity index (χ1v) is 36.2. The van der Waals surface area contributed by atoms with Crippen LogP contribution in [-0.2, 0) is 4.79 Å². The third kappa shape index (κ3) is 64.2. The van der Waals surface area contributed by atoms with Gasteiger partial charge in [-0.25, -0.2) is 0 Å². The topological polar surface area (TPSA) is 69.6 Å². The molecule has 1 amide bonds. The van der Waals surface area contributed by atoms with Gasteiger partial charge in [0.15, 0.2) is 0 Å². The maximum atomic E-state index is 12.6. The molecule has 0 aliphatic rings. The summed E-state index contributed by atoms with van der Waals surface area (Å²) in [5.41, 5.74) is 0. The van der Waals surface area contributed by atoms with E-state index in [4.69, 9.17) is 0 Å². The molecule has 456 valence electrons. The second-order valence-corrected chi connectivity index (χ2v) is 25.4. The second kappa shape index (κ2) is 68.7. The molecule has 0 radical (unpaired) electrons. The lowest BCUT2D eigenvalue weighted by Crippen LogP contribution is -2.45. The fourth-order valence-corrected chi connectivity index (χ4v) is 12.1. The largest absolute Gasteiger partial charge is 0.394 e. The molecule has 0 aromatic heterocycles. The summed E-state index contributed by atoms with van der Waals surface area (Å²) in [6, 6.07) is -0.533. The van der Waals surface area contributed by atoms with Gasteiger partial charge in [-0.15, -0.1) is 0 Å². The number of carbonyl (C=O) groups is 1. The average Bonchev–Trinajstić information content (AvgIpc) is 3.42. The summed E-state index contributed by atoms with van der Waals surface area (Å²) in [4.78, 5) is 12.6. The quantitative estimate of drug-likeness (QED) is 0.0532. The lowest BCUT2D eigenvalue weighted by atomic mass is 10.0. The zero-order valence-electron chi connectivity index (χ0n) is 52.8. The van der Waals surface area contributed by atoms with Gasteiger partial charge in [0.1, 0.15) is 0 Å². The number of aliphatic hydroxyl groups excluding tert-OH is 2. The summed E-state index contributed by atoms with van der Waals surface area (Å²) < 4.78 is 0. The lowest BCUT2D eigenvalue weighted by Gasteiger charge is -2.22. The SMILES string of the molecule is CCCCCCCCCCCCCCCCCCCCCCCCCCCCCCCCCCCC(=O)NC(CO)C(O)CCCCCCCCCCCCCCCCCCCCCCCCCCCCCCCCC. The van der Waals surface area contributed by atoms with Crippen LogP contribution in [0.1, 0.15) is 438 Å². The molecule has 4 nitrogen and oxygen atoms in total. The van der Waals surface area contributed by atoms with Gasteiger partial charge in [0.05, 0.1) is 18.8 Å². The Kier molecular flexibility index (Phi) is 68.1. The zero-order chi connectivity index (χ0) is 54.8. The highest BCUT2D eigenvalue weighted by molar-refractivity contribution is 5.76. The standard InChI is InChI=1S/C72H145NO3/c1-3-5-7-9-11-13-15-17-19-21-23-25-27-29-31-33-35-36-38-40-42-44-46-48-50-52-54-56-58-60-62-64-66-68-72(76)73-70(69-74)71(75)67-65-63-61-59-57-55-53-51-49-47-45-43-41-39-37-34-32-30-28-26-24-22-20-18-16-14-12-10-8-6-4-2/h70-71,74-75H,3-69H2,1-2H3,(H,73,76). The third-order valence-corrected chi connectivity index (χ3v) is 17.6. The summed E-state index contributed by atoms with van der Waals surface area (Å²) in [6.45, 7) is 4.42. The maximum Gasteiger partial charge on any atom is 0.220 e. The number of amides is 1. The maximum absolute atomic E-state index is 12.6. The van der Waals surface area contributed by atoms with Crippen LogP contribution >= 0.6 is 0 Å². The van der Waals surface area contributed by atoms with Gasteiger partial charge in [-0.3, -0.25) is 4.79 Å². The van der Waals surface area contributed by atoms with Crippen molar-refractivity contribution in [2.45, 2.75) is 450 Å². The van der Waals surface area contributed by atoms with Gasteiger partial charge < -0.3 is 15.5 Å². The number of carbonyl (C=O) groups excluding carboxylic acids is 1. The Morgan fingerprint density at radius 2 is 0.421 bits per heavy atom. The van der Waals surface area contributed by atoms with Crippen molar-refractivity contribution >= 4 is 5.91 Å². The first-order valence-electron chi connectivity index (χ1n) is 36.2. The molecule has 0 saturated carbocycles. The Bertz CT molecular complexity index is 1030. The normalized spacial score (nSPS) is 12.5. The van der Waals surface area contributed by atoms with E-state index in [0.29, 0.717) is 12.8 Å². The molecule has 0 aromatic carbocycles. The molecule has 0 aliphatic carbocycles. The molecule has 2 unspecified atom stereocenters. The van der Waals surface area contributed by atoms with Crippen molar-refractivity contribution in [2.75, 3.05) is 6.61 Å². The van der Waals surface area contributed by atoms with E-state index < -0.39 is 12.1 Å². The Labute approximate surface area is 480 Å². The Balaban J connectivity index is 3.35. The van der Waals surface area contributed by atoms with Gasteiger partial charge in [-0.1, -0.05) is 418 Å². The minimum atomic E-state index is -0.657. The van der Waals surface area contributed by atoms with Gasteiger partial charge in [-0.2, -0.15) is 0 Å². The highest BCUT2D eigenvalue weighted by Crippen LogP contribution is 2.20. The smallest absolute Gasteiger partial charge is 0.220 e. The van der Waals surface area contributed by atoms with Crippen LogP contribution in [0.4, 0.5) is 0 Å². The number of unbranched alkanes of at least 4 members (excludes halogenated alkanes) is 62. The molecule has 0 saturated heterocycles. The fraction of sp³-hybridized carbons (Fsp3) is 0.986. The molecular formula is C72H145NO3. The van der Waals surface area contributed by atoms with Crippen molar-refractivity contribution < 1.29 is 15.0 Å². The monoisotopic (exact) mass is 1070 g/mol. The van der Waals surface area contributed by atoms with Crippen LogP contribution in [0, 0.1) is 0 Å². The molecular weight excluding hydrogens is 927 g/mol. The van der Waals surface area contributed by atoms with E-state index in [0.717, 1.165) is 25.7 Å². The van der Waals surface area contributed by atoms with Crippen LogP contribution in [0.2, 0.25) is 0 Å². The fourth-order valence-electron chi connectivity index (χ4n) is 12.1. The minimum Gasteiger partial charge on any atom is -0.394 e. The summed E-state index contributed by atoms with van der Waals surface area (Å²) >= 11 is 0. The predicted octanol–water partition coefficient (Wildman–Crippen LogP) is 24.6. The molecule has 0 rings (SSSR count). The molecule has 0 aliphatic heterocycles. The lowest BCUT2D eigenvalue weighted by molar-refractivity contribution is -0.123. The van der Waals surface area contributed by atoms with E-state index in [1.807, 2.05) is 0 Å². The summed E-state index contributed by atoms with van der Waals surface area (Å²) in [6.07, 6.45) is 90.4.